The molecular weight excluding hydrogens is 324 g/mol. The Kier molecular flexibility index (Phi) is 4.23. The third-order valence-electron chi connectivity index (χ3n) is 4.10. The molecule has 3 rings (SSSR count). The number of nitro benzene ring substituents is 1. The summed E-state index contributed by atoms with van der Waals surface area (Å²) in [6, 6.07) is 2.43. The van der Waals surface area contributed by atoms with Crippen LogP contribution in [0.2, 0.25) is 0 Å². The van der Waals surface area contributed by atoms with E-state index in [-0.39, 0.29) is 16.6 Å². The summed E-state index contributed by atoms with van der Waals surface area (Å²) in [7, 11) is -3.98. The lowest BCUT2D eigenvalue weighted by Crippen LogP contribution is -2.42. The highest BCUT2D eigenvalue weighted by atomic mass is 32.2. The minimum absolute atomic E-state index is 0.00229. The van der Waals surface area contributed by atoms with E-state index in [1.807, 2.05) is 0 Å². The highest BCUT2D eigenvalue weighted by Gasteiger charge is 2.31. The van der Waals surface area contributed by atoms with Gasteiger partial charge in [0.05, 0.1) is 23.0 Å². The first-order chi connectivity index (χ1) is 10.8. The molecule has 1 saturated heterocycles. The van der Waals surface area contributed by atoms with E-state index in [2.05, 4.69) is 10.2 Å². The van der Waals surface area contributed by atoms with Crippen LogP contribution in [-0.2, 0) is 21.2 Å². The molecule has 0 radical (unpaired) electrons. The summed E-state index contributed by atoms with van der Waals surface area (Å²) < 4.78 is 28.3. The molecule has 1 aromatic carbocycles. The van der Waals surface area contributed by atoms with Gasteiger partial charge in [0.1, 0.15) is 5.69 Å². The molecule has 0 amide bonds. The summed E-state index contributed by atoms with van der Waals surface area (Å²) in [6.07, 6.45) is 0.525. The van der Waals surface area contributed by atoms with Crippen LogP contribution in [0.3, 0.4) is 0 Å². The predicted octanol–water partition coefficient (Wildman–Crippen LogP) is -0.0890. The maximum Gasteiger partial charge on any atom is 0.293 e. The summed E-state index contributed by atoms with van der Waals surface area (Å²) in [5.41, 5.74) is 0.748. The fourth-order valence-corrected chi connectivity index (χ4v) is 3.60. The Bertz CT molecular complexity index is 730. The first-order valence-corrected chi connectivity index (χ1v) is 8.80. The number of nitrogens with one attached hydrogen (secondary N) is 1. The molecule has 10 heteroatoms. The number of sulfonamides is 1. The van der Waals surface area contributed by atoms with Crippen molar-refractivity contribution in [1.82, 2.24) is 4.90 Å². The molecule has 126 valence electrons. The molecule has 0 aliphatic carbocycles. The van der Waals surface area contributed by atoms with Gasteiger partial charge in [0.2, 0.25) is 10.0 Å². The average molecular weight is 342 g/mol. The van der Waals surface area contributed by atoms with Gasteiger partial charge in [-0.05, 0) is 18.1 Å². The van der Waals surface area contributed by atoms with Gasteiger partial charge in [-0.3, -0.25) is 15.0 Å². The Morgan fingerprint density at radius 3 is 2.70 bits per heavy atom. The number of nitrogens with zero attached hydrogens (tertiary/aromatic N) is 2. The van der Waals surface area contributed by atoms with Gasteiger partial charge in [0.15, 0.2) is 0 Å². The molecule has 3 N–H and O–H groups in total. The number of ether oxygens (including phenoxy) is 1. The Morgan fingerprint density at radius 2 is 2.09 bits per heavy atom. The van der Waals surface area contributed by atoms with Crippen LogP contribution in [0, 0.1) is 10.1 Å². The Labute approximate surface area is 133 Å². The van der Waals surface area contributed by atoms with Crippen molar-refractivity contribution >= 4 is 21.4 Å². The highest BCUT2D eigenvalue weighted by Crippen LogP contribution is 2.37. The molecule has 2 aliphatic rings. The minimum atomic E-state index is -3.98. The molecule has 1 aromatic rings. The van der Waals surface area contributed by atoms with Gasteiger partial charge in [0.25, 0.3) is 5.69 Å². The standard InChI is InChI=1S/C13H18N4O5S/c14-23(20,21)11-6-9-5-10(8-16-1-3-22-4-2-16)15-13(9)12(7-11)17(18)19/h6-7,10,15H,1-5,8H2,(H2,14,20,21)/t10-/m0/s1. The second-order valence-electron chi connectivity index (χ2n) is 5.74. The molecule has 23 heavy (non-hydrogen) atoms. The summed E-state index contributed by atoms with van der Waals surface area (Å²) in [4.78, 5) is 12.7. The summed E-state index contributed by atoms with van der Waals surface area (Å²) in [5, 5.41) is 19.5. The molecule has 0 spiro atoms. The van der Waals surface area contributed by atoms with Crippen LogP contribution >= 0.6 is 0 Å². The van der Waals surface area contributed by atoms with Gasteiger partial charge in [-0.2, -0.15) is 0 Å². The number of nitrogens with two attached hydrogens (primary N) is 1. The minimum Gasteiger partial charge on any atom is -0.379 e. The van der Waals surface area contributed by atoms with E-state index >= 15 is 0 Å². The quantitative estimate of drug-likeness (QED) is 0.578. The molecule has 0 aromatic heterocycles. The van der Waals surface area contributed by atoms with E-state index in [0.29, 0.717) is 30.9 Å². The van der Waals surface area contributed by atoms with E-state index in [1.54, 1.807) is 0 Å². The second-order valence-corrected chi connectivity index (χ2v) is 7.30. The Balaban J connectivity index is 1.85. The van der Waals surface area contributed by atoms with E-state index in [0.717, 1.165) is 25.7 Å². The largest absolute Gasteiger partial charge is 0.379 e. The maximum absolute atomic E-state index is 11.5. The first-order valence-electron chi connectivity index (χ1n) is 7.25. The van der Waals surface area contributed by atoms with Crippen LogP contribution < -0.4 is 10.5 Å². The Hall–Kier alpha value is -1.75. The van der Waals surface area contributed by atoms with Crippen molar-refractivity contribution in [3.63, 3.8) is 0 Å². The molecule has 2 heterocycles. The van der Waals surface area contributed by atoms with Crippen LogP contribution in [0.15, 0.2) is 17.0 Å². The van der Waals surface area contributed by atoms with E-state index < -0.39 is 14.9 Å². The molecule has 1 fully saturated rings. The van der Waals surface area contributed by atoms with Crippen molar-refractivity contribution < 1.29 is 18.1 Å². The lowest BCUT2D eigenvalue weighted by molar-refractivity contribution is -0.384. The zero-order chi connectivity index (χ0) is 16.6. The van der Waals surface area contributed by atoms with E-state index in [4.69, 9.17) is 9.88 Å². The number of rotatable bonds is 4. The second kappa shape index (κ2) is 6.04. The van der Waals surface area contributed by atoms with Crippen LogP contribution in [0.5, 0.6) is 0 Å². The van der Waals surface area contributed by atoms with Crippen molar-refractivity contribution in [2.75, 3.05) is 38.2 Å². The molecule has 1 atom stereocenters. The number of primary sulfonamides is 1. The normalized spacial score (nSPS) is 21.7. The predicted molar refractivity (Wildman–Crippen MR) is 82.8 cm³/mol. The molecule has 2 aliphatic heterocycles. The third kappa shape index (κ3) is 3.44. The smallest absolute Gasteiger partial charge is 0.293 e. The fraction of sp³-hybridized carbons (Fsp3) is 0.538. The van der Waals surface area contributed by atoms with Crippen molar-refractivity contribution in [3.8, 4) is 0 Å². The molecule has 9 nitrogen and oxygen atoms in total. The molecule has 0 saturated carbocycles. The van der Waals surface area contributed by atoms with Gasteiger partial charge in [0, 0.05) is 31.7 Å². The number of nitro groups is 1. The average Bonchev–Trinajstić information content (AvgIpc) is 2.88. The first kappa shape index (κ1) is 16.1. The third-order valence-corrected chi connectivity index (χ3v) is 4.99. The lowest BCUT2D eigenvalue weighted by atomic mass is 10.1. The number of anilines is 1. The van der Waals surface area contributed by atoms with Crippen LogP contribution in [0.4, 0.5) is 11.4 Å². The monoisotopic (exact) mass is 342 g/mol. The molecule has 0 bridgehead atoms. The van der Waals surface area contributed by atoms with Crippen molar-refractivity contribution in [2.45, 2.75) is 17.4 Å². The Morgan fingerprint density at radius 1 is 1.39 bits per heavy atom. The number of fused-ring (bicyclic) bond motifs is 1. The number of hydrogen-bond donors (Lipinski definition) is 2. The topological polar surface area (TPSA) is 128 Å². The van der Waals surface area contributed by atoms with Gasteiger partial charge in [-0.15, -0.1) is 0 Å². The number of morpholine rings is 1. The summed E-state index contributed by atoms with van der Waals surface area (Å²) in [6.45, 7) is 3.71. The summed E-state index contributed by atoms with van der Waals surface area (Å²) >= 11 is 0. The SMILES string of the molecule is NS(=O)(=O)c1cc2c(c([N+](=O)[O-])c1)N[C@H](CN1CCOCC1)C2. The van der Waals surface area contributed by atoms with Crippen LogP contribution in [0.25, 0.3) is 0 Å². The fourth-order valence-electron chi connectivity index (χ4n) is 3.02. The van der Waals surface area contributed by atoms with Crippen molar-refractivity contribution in [1.29, 1.82) is 0 Å². The van der Waals surface area contributed by atoms with Gasteiger partial charge in [-0.1, -0.05) is 0 Å². The zero-order valence-electron chi connectivity index (χ0n) is 12.4. The van der Waals surface area contributed by atoms with Gasteiger partial charge >= 0.3 is 0 Å². The van der Waals surface area contributed by atoms with Crippen LogP contribution in [-0.4, -0.2) is 57.1 Å². The molecular formula is C13H18N4O5S. The van der Waals surface area contributed by atoms with E-state index in [1.165, 1.54) is 6.07 Å². The maximum atomic E-state index is 11.5. The summed E-state index contributed by atoms with van der Waals surface area (Å²) in [5.74, 6) is 0. The highest BCUT2D eigenvalue weighted by molar-refractivity contribution is 7.89. The van der Waals surface area contributed by atoms with Gasteiger partial charge < -0.3 is 10.1 Å². The van der Waals surface area contributed by atoms with Gasteiger partial charge in [-0.25, -0.2) is 13.6 Å². The van der Waals surface area contributed by atoms with Crippen molar-refractivity contribution in [3.05, 3.63) is 27.8 Å². The number of benzene rings is 1. The van der Waals surface area contributed by atoms with E-state index in [9.17, 15) is 18.5 Å². The zero-order valence-corrected chi connectivity index (χ0v) is 13.2. The molecule has 0 unspecified atom stereocenters. The number of hydrogen-bond acceptors (Lipinski definition) is 7. The lowest BCUT2D eigenvalue weighted by Gasteiger charge is -2.29. The van der Waals surface area contributed by atoms with Crippen molar-refractivity contribution in [2.24, 2.45) is 5.14 Å². The van der Waals surface area contributed by atoms with Crippen LogP contribution in [0.1, 0.15) is 5.56 Å².